The van der Waals surface area contributed by atoms with Crippen molar-refractivity contribution in [3.63, 3.8) is 0 Å². The summed E-state index contributed by atoms with van der Waals surface area (Å²) in [4.78, 5) is 19.4. The van der Waals surface area contributed by atoms with E-state index >= 15 is 0 Å². The minimum Gasteiger partial charge on any atom is -0.356 e. The Morgan fingerprint density at radius 3 is 2.21 bits per heavy atom. The number of rotatable bonds is 7. The summed E-state index contributed by atoms with van der Waals surface area (Å²) in [5.41, 5.74) is 0.156. The van der Waals surface area contributed by atoms with Gasteiger partial charge in [-0.05, 0) is 6.42 Å². The van der Waals surface area contributed by atoms with E-state index in [1.807, 2.05) is 9.34 Å². The first-order chi connectivity index (χ1) is 8.57. The van der Waals surface area contributed by atoms with Crippen LogP contribution in [0.4, 0.5) is 0 Å². The third kappa shape index (κ3) is 13.4. The van der Waals surface area contributed by atoms with E-state index in [0.29, 0.717) is 0 Å². The fourth-order valence-electron chi connectivity index (χ4n) is 1.50. The van der Waals surface area contributed by atoms with E-state index in [-0.39, 0.29) is 22.6 Å². The van der Waals surface area contributed by atoms with Crippen LogP contribution in [-0.4, -0.2) is 9.04 Å². The van der Waals surface area contributed by atoms with Gasteiger partial charge in [-0.25, -0.2) is 0 Å². The van der Waals surface area contributed by atoms with Gasteiger partial charge in [-0.1, -0.05) is 50.6 Å². The Kier molecular flexibility index (Phi) is 14.6. The standard InChI is InChI=1S/C11H19NOS.Cu.NO3/c1-2-3-4-5-6-7-9-12-11(13)8-10-14-12;;2-1(3)4/h8,10H,2-7,9H2,1H3;;/q;;-1. The molecule has 0 aliphatic heterocycles. The Morgan fingerprint density at radius 1 is 1.21 bits per heavy atom. The SMILES string of the molecule is CCCCCCCCn1sccc1=O.O=[N+]([O-])[O-].[Cu]. The van der Waals surface area contributed by atoms with Crippen LogP contribution in [0.2, 0.25) is 0 Å². The van der Waals surface area contributed by atoms with E-state index in [0.717, 1.165) is 13.0 Å². The molecule has 1 aromatic rings. The summed E-state index contributed by atoms with van der Waals surface area (Å²) < 4.78 is 1.83. The molecule has 0 amide bonds. The van der Waals surface area contributed by atoms with E-state index < -0.39 is 5.09 Å². The minimum atomic E-state index is -1.75. The van der Waals surface area contributed by atoms with Crippen LogP contribution < -0.4 is 5.56 Å². The molecule has 6 nitrogen and oxygen atoms in total. The molecule has 1 heterocycles. The van der Waals surface area contributed by atoms with Gasteiger partial charge in [0, 0.05) is 35.1 Å². The molecule has 8 heteroatoms. The van der Waals surface area contributed by atoms with Crippen LogP contribution in [0.1, 0.15) is 45.4 Å². The van der Waals surface area contributed by atoms with E-state index in [1.165, 1.54) is 43.6 Å². The Morgan fingerprint density at radius 2 is 1.74 bits per heavy atom. The van der Waals surface area contributed by atoms with Crippen molar-refractivity contribution in [2.75, 3.05) is 0 Å². The van der Waals surface area contributed by atoms with Crippen LogP contribution >= 0.6 is 11.5 Å². The van der Waals surface area contributed by atoms with Crippen LogP contribution in [0, 0.1) is 15.3 Å². The van der Waals surface area contributed by atoms with Gasteiger partial charge in [0.2, 0.25) is 0 Å². The molecule has 0 aromatic carbocycles. The molecule has 1 aromatic heterocycles. The summed E-state index contributed by atoms with van der Waals surface area (Å²) in [5.74, 6) is 0. The van der Waals surface area contributed by atoms with Gasteiger partial charge in [0.1, 0.15) is 0 Å². The molecule has 0 fully saturated rings. The predicted octanol–water partition coefficient (Wildman–Crippen LogP) is 3.03. The van der Waals surface area contributed by atoms with Crippen molar-refractivity contribution in [3.05, 3.63) is 37.1 Å². The Balaban J connectivity index is 0. The van der Waals surface area contributed by atoms with E-state index in [1.54, 1.807) is 6.07 Å². The first kappa shape index (κ1) is 20.5. The summed E-state index contributed by atoms with van der Waals surface area (Å²) in [6.07, 6.45) is 7.70. The van der Waals surface area contributed by atoms with Crippen molar-refractivity contribution in [3.8, 4) is 0 Å². The largest absolute Gasteiger partial charge is 0.356 e. The number of aryl methyl sites for hydroxylation is 1. The zero-order valence-corrected chi connectivity index (χ0v) is 12.6. The Bertz CT molecular complexity index is 377. The number of nitrogens with zero attached hydrogens (tertiary/aromatic N) is 2. The van der Waals surface area contributed by atoms with Crippen molar-refractivity contribution < 1.29 is 22.2 Å². The van der Waals surface area contributed by atoms with Crippen molar-refractivity contribution >= 4 is 11.5 Å². The first-order valence-corrected chi connectivity index (χ1v) is 6.88. The number of unbranched alkanes of at least 4 members (excludes halogenated alkanes) is 5. The van der Waals surface area contributed by atoms with Crippen LogP contribution in [0.5, 0.6) is 0 Å². The summed E-state index contributed by atoms with van der Waals surface area (Å²) >= 11 is 1.52. The maximum atomic E-state index is 11.2. The van der Waals surface area contributed by atoms with E-state index in [2.05, 4.69) is 6.92 Å². The van der Waals surface area contributed by atoms with Gasteiger partial charge < -0.3 is 15.3 Å². The summed E-state index contributed by atoms with van der Waals surface area (Å²) in [6, 6.07) is 1.64. The molecular weight excluding hydrogens is 320 g/mol. The topological polar surface area (TPSA) is 88.2 Å². The van der Waals surface area contributed by atoms with Crippen LogP contribution in [0.3, 0.4) is 0 Å². The van der Waals surface area contributed by atoms with Crippen molar-refractivity contribution in [2.24, 2.45) is 0 Å². The quantitative estimate of drug-likeness (QED) is 0.331. The number of hydrogen-bond acceptors (Lipinski definition) is 5. The first-order valence-electron chi connectivity index (χ1n) is 6.04. The molecule has 0 aliphatic carbocycles. The van der Waals surface area contributed by atoms with E-state index in [9.17, 15) is 4.79 Å². The third-order valence-corrected chi connectivity index (χ3v) is 3.23. The molecule has 115 valence electrons. The van der Waals surface area contributed by atoms with Crippen molar-refractivity contribution in [1.29, 1.82) is 0 Å². The van der Waals surface area contributed by atoms with Gasteiger partial charge in [0.05, 0.1) is 5.09 Å². The summed E-state index contributed by atoms with van der Waals surface area (Å²) in [5, 5.41) is 16.6. The molecule has 0 unspecified atom stereocenters. The van der Waals surface area contributed by atoms with Crippen LogP contribution in [0.25, 0.3) is 0 Å². The van der Waals surface area contributed by atoms with Gasteiger partial charge in [-0.2, -0.15) is 0 Å². The maximum absolute atomic E-state index is 11.2. The number of aromatic nitrogens is 1. The molecular formula is C11H19CuN2O4S-. The molecule has 0 saturated heterocycles. The predicted molar refractivity (Wildman–Crippen MR) is 72.3 cm³/mol. The summed E-state index contributed by atoms with van der Waals surface area (Å²) in [6.45, 7) is 3.13. The van der Waals surface area contributed by atoms with E-state index in [4.69, 9.17) is 15.3 Å². The van der Waals surface area contributed by atoms with Crippen LogP contribution in [0.15, 0.2) is 16.2 Å². The fraction of sp³-hybridized carbons (Fsp3) is 0.727. The average Bonchev–Trinajstić information content (AvgIpc) is 2.69. The minimum absolute atomic E-state index is 0. The van der Waals surface area contributed by atoms with Crippen molar-refractivity contribution in [1.82, 2.24) is 3.96 Å². The maximum Gasteiger partial charge on any atom is 0.260 e. The van der Waals surface area contributed by atoms with Gasteiger partial charge >= 0.3 is 0 Å². The van der Waals surface area contributed by atoms with Gasteiger partial charge in [0.25, 0.3) is 5.56 Å². The second-order valence-corrected chi connectivity index (χ2v) is 4.76. The normalized spacial score (nSPS) is 9.11. The Hall–Kier alpha value is -0.851. The molecule has 0 atom stereocenters. The zero-order valence-electron chi connectivity index (χ0n) is 10.8. The smallest absolute Gasteiger partial charge is 0.260 e. The monoisotopic (exact) mass is 338 g/mol. The molecule has 19 heavy (non-hydrogen) atoms. The second-order valence-electron chi connectivity index (χ2n) is 3.84. The van der Waals surface area contributed by atoms with Gasteiger partial charge in [0.15, 0.2) is 0 Å². The molecule has 0 spiro atoms. The summed E-state index contributed by atoms with van der Waals surface area (Å²) in [7, 11) is 0. The number of hydrogen-bond donors (Lipinski definition) is 0. The molecule has 1 rings (SSSR count). The van der Waals surface area contributed by atoms with Gasteiger partial charge in [-0.3, -0.25) is 8.75 Å². The van der Waals surface area contributed by atoms with Gasteiger partial charge in [-0.15, -0.1) is 0 Å². The third-order valence-electron chi connectivity index (χ3n) is 2.36. The molecule has 1 radical (unpaired) electrons. The second kappa shape index (κ2) is 13.6. The molecule has 0 aliphatic rings. The molecule has 0 N–H and O–H groups in total. The molecule has 0 bridgehead atoms. The zero-order chi connectivity index (χ0) is 13.8. The van der Waals surface area contributed by atoms with Crippen LogP contribution in [-0.2, 0) is 23.6 Å². The average molecular weight is 339 g/mol. The Labute approximate surface area is 127 Å². The molecule has 0 saturated carbocycles. The fourth-order valence-corrected chi connectivity index (χ4v) is 2.22. The van der Waals surface area contributed by atoms with Crippen molar-refractivity contribution in [2.45, 2.75) is 52.0 Å².